The van der Waals surface area contributed by atoms with Gasteiger partial charge in [0.2, 0.25) is 0 Å². The lowest BCUT2D eigenvalue weighted by Gasteiger charge is -2.43. The van der Waals surface area contributed by atoms with Crippen molar-refractivity contribution < 1.29 is 14.6 Å². The van der Waals surface area contributed by atoms with E-state index in [1.807, 2.05) is 42.5 Å². The van der Waals surface area contributed by atoms with Gasteiger partial charge in [0.25, 0.3) is 0 Å². The number of nitrogens with two attached hydrogens (primary N) is 1. The summed E-state index contributed by atoms with van der Waals surface area (Å²) in [5.41, 5.74) is 9.70. The molecule has 2 aromatic rings. The van der Waals surface area contributed by atoms with Crippen LogP contribution in [-0.4, -0.2) is 35.2 Å². The summed E-state index contributed by atoms with van der Waals surface area (Å²) < 4.78 is 13.1. The second kappa shape index (κ2) is 10.6. The van der Waals surface area contributed by atoms with Gasteiger partial charge in [-0.3, -0.25) is 4.90 Å². The van der Waals surface area contributed by atoms with Crippen molar-refractivity contribution in [2.45, 2.75) is 63.8 Å². The van der Waals surface area contributed by atoms with Crippen molar-refractivity contribution in [1.82, 2.24) is 4.90 Å². The molecule has 5 nitrogen and oxygen atoms in total. The lowest BCUT2D eigenvalue weighted by Crippen LogP contribution is -2.47. The molecule has 5 heteroatoms. The Labute approximate surface area is 191 Å². The van der Waals surface area contributed by atoms with E-state index in [9.17, 15) is 5.11 Å². The van der Waals surface area contributed by atoms with Crippen molar-refractivity contribution in [2.24, 2.45) is 5.92 Å². The minimum absolute atomic E-state index is 0.0123. The van der Waals surface area contributed by atoms with Crippen molar-refractivity contribution in [2.75, 3.05) is 18.8 Å². The summed E-state index contributed by atoms with van der Waals surface area (Å²) in [6.45, 7) is 7.97. The van der Waals surface area contributed by atoms with Crippen LogP contribution in [0, 0.1) is 5.92 Å². The van der Waals surface area contributed by atoms with Crippen LogP contribution in [0.1, 0.15) is 61.7 Å². The molecule has 1 saturated heterocycles. The molecule has 3 N–H and O–H groups in total. The first-order valence-corrected chi connectivity index (χ1v) is 11.8. The maximum atomic E-state index is 9.43. The monoisotopic (exact) mass is 436 g/mol. The molecule has 172 valence electrons. The molecular formula is C27H36N2O3. The number of anilines is 1. The topological polar surface area (TPSA) is 68.0 Å². The number of aliphatic hydroxyl groups is 1. The van der Waals surface area contributed by atoms with Crippen molar-refractivity contribution in [1.29, 1.82) is 0 Å². The number of nitrogens with zero attached hydrogens (tertiary/aromatic N) is 1. The van der Waals surface area contributed by atoms with Gasteiger partial charge in [-0.15, -0.1) is 6.58 Å². The van der Waals surface area contributed by atoms with Crippen LogP contribution in [0.4, 0.5) is 5.69 Å². The van der Waals surface area contributed by atoms with E-state index in [1.54, 1.807) is 0 Å². The first-order valence-electron chi connectivity index (χ1n) is 11.8. The Hall–Kier alpha value is -2.18. The summed E-state index contributed by atoms with van der Waals surface area (Å²) in [5, 5.41) is 9.43. The van der Waals surface area contributed by atoms with Gasteiger partial charge in [-0.25, -0.2) is 0 Å². The van der Waals surface area contributed by atoms with Crippen LogP contribution in [-0.2, 0) is 16.1 Å². The van der Waals surface area contributed by atoms with E-state index in [0.29, 0.717) is 11.7 Å². The molecule has 1 heterocycles. The van der Waals surface area contributed by atoms with Crippen LogP contribution in [0.2, 0.25) is 0 Å². The third kappa shape index (κ3) is 5.24. The Kier molecular flexibility index (Phi) is 7.63. The van der Waals surface area contributed by atoms with Gasteiger partial charge in [0.15, 0.2) is 6.29 Å². The van der Waals surface area contributed by atoms with Gasteiger partial charge in [0, 0.05) is 36.3 Å². The Morgan fingerprint density at radius 2 is 1.84 bits per heavy atom. The maximum absolute atomic E-state index is 9.43. The smallest absolute Gasteiger partial charge is 0.185 e. The van der Waals surface area contributed by atoms with Gasteiger partial charge in [-0.2, -0.15) is 0 Å². The van der Waals surface area contributed by atoms with E-state index in [4.69, 9.17) is 15.2 Å². The number of nitrogen functional groups attached to an aromatic ring is 1. The molecule has 2 aliphatic rings. The Bertz CT molecular complexity index is 879. The minimum atomic E-state index is -0.476. The number of rotatable bonds is 8. The molecule has 0 radical (unpaired) electrons. The Morgan fingerprint density at radius 1 is 1.09 bits per heavy atom. The molecule has 4 rings (SSSR count). The number of aliphatic hydroxyl groups excluding tert-OH is 1. The number of benzene rings is 2. The predicted molar refractivity (Wildman–Crippen MR) is 128 cm³/mol. The summed E-state index contributed by atoms with van der Waals surface area (Å²) in [6.07, 6.45) is 6.52. The quantitative estimate of drug-likeness (QED) is 0.451. The number of hydrogen-bond donors (Lipinski definition) is 2. The lowest BCUT2D eigenvalue weighted by atomic mass is 9.89. The van der Waals surface area contributed by atoms with Crippen LogP contribution in [0.5, 0.6) is 0 Å². The number of hydrogen-bond acceptors (Lipinski definition) is 5. The summed E-state index contributed by atoms with van der Waals surface area (Å²) >= 11 is 0. The zero-order chi connectivity index (χ0) is 22.5. The van der Waals surface area contributed by atoms with E-state index in [0.717, 1.165) is 29.8 Å². The van der Waals surface area contributed by atoms with Crippen molar-refractivity contribution in [3.63, 3.8) is 0 Å². The molecule has 1 aliphatic carbocycles. The Balaban J connectivity index is 1.61. The molecule has 1 aliphatic heterocycles. The fraction of sp³-hybridized carbons (Fsp3) is 0.481. The summed E-state index contributed by atoms with van der Waals surface area (Å²) in [4.78, 5) is 2.54. The van der Waals surface area contributed by atoms with Crippen LogP contribution >= 0.6 is 0 Å². The van der Waals surface area contributed by atoms with Gasteiger partial charge in [-0.1, -0.05) is 62.2 Å². The Morgan fingerprint density at radius 3 is 2.50 bits per heavy atom. The zero-order valence-corrected chi connectivity index (χ0v) is 19.0. The average molecular weight is 437 g/mol. The molecule has 4 atom stereocenters. The molecule has 2 fully saturated rings. The standard InChI is InChI=1S/C27H36N2O3/c1-3-15-29(24-9-4-5-10-24)17-25-19(2)26(21-13-11-20(18-30)12-14-21)32-27(31-25)22-7-6-8-23(28)16-22/h3,6-8,11-14,16,19,24-27,30H,1,4-5,9-10,15,17-18,28H2,2H3/t19-,25+,26+,27+/m0/s1. The highest BCUT2D eigenvalue weighted by atomic mass is 16.7. The molecular weight excluding hydrogens is 400 g/mol. The van der Waals surface area contributed by atoms with Gasteiger partial charge in [0.05, 0.1) is 18.8 Å². The van der Waals surface area contributed by atoms with Crippen molar-refractivity contribution in [3.8, 4) is 0 Å². The minimum Gasteiger partial charge on any atom is -0.399 e. The number of ether oxygens (including phenoxy) is 2. The van der Waals surface area contributed by atoms with Gasteiger partial charge >= 0.3 is 0 Å². The van der Waals surface area contributed by atoms with E-state index in [1.165, 1.54) is 25.7 Å². The maximum Gasteiger partial charge on any atom is 0.185 e. The SMILES string of the molecule is C=CCN(C[C@H]1O[C@@H](c2cccc(N)c2)O[C@@H](c2ccc(CO)cc2)[C@H]1C)C1CCCC1. The van der Waals surface area contributed by atoms with Crippen LogP contribution < -0.4 is 5.73 Å². The summed E-state index contributed by atoms with van der Waals surface area (Å²) in [7, 11) is 0. The van der Waals surface area contributed by atoms with E-state index < -0.39 is 6.29 Å². The lowest BCUT2D eigenvalue weighted by molar-refractivity contribution is -0.276. The van der Waals surface area contributed by atoms with Gasteiger partial charge in [0.1, 0.15) is 0 Å². The molecule has 1 saturated carbocycles. The molecule has 0 aromatic heterocycles. The normalized spacial score (nSPS) is 26.5. The third-order valence-corrected chi connectivity index (χ3v) is 6.93. The average Bonchev–Trinajstić information content (AvgIpc) is 3.35. The fourth-order valence-corrected chi connectivity index (χ4v) is 5.07. The first kappa shape index (κ1) is 23.0. The highest BCUT2D eigenvalue weighted by Gasteiger charge is 2.40. The first-order chi connectivity index (χ1) is 15.6. The molecule has 0 unspecified atom stereocenters. The molecule has 32 heavy (non-hydrogen) atoms. The molecule has 0 amide bonds. The molecule has 0 bridgehead atoms. The predicted octanol–water partition coefficient (Wildman–Crippen LogP) is 4.98. The molecule has 2 aromatic carbocycles. The van der Waals surface area contributed by atoms with Crippen molar-refractivity contribution >= 4 is 5.69 Å². The van der Waals surface area contributed by atoms with Gasteiger partial charge < -0.3 is 20.3 Å². The highest BCUT2D eigenvalue weighted by Crippen LogP contribution is 2.42. The van der Waals surface area contributed by atoms with E-state index >= 15 is 0 Å². The summed E-state index contributed by atoms with van der Waals surface area (Å²) in [5.74, 6) is 0.168. The van der Waals surface area contributed by atoms with E-state index in [2.05, 4.69) is 30.5 Å². The van der Waals surface area contributed by atoms with E-state index in [-0.39, 0.29) is 24.7 Å². The zero-order valence-electron chi connectivity index (χ0n) is 19.0. The second-order valence-electron chi connectivity index (χ2n) is 9.17. The van der Waals surface area contributed by atoms with Crippen molar-refractivity contribution in [3.05, 3.63) is 77.9 Å². The van der Waals surface area contributed by atoms with Crippen LogP contribution in [0.3, 0.4) is 0 Å². The second-order valence-corrected chi connectivity index (χ2v) is 9.17. The molecule has 0 spiro atoms. The summed E-state index contributed by atoms with van der Waals surface area (Å²) in [6, 6.07) is 16.4. The third-order valence-electron chi connectivity index (χ3n) is 6.93. The highest BCUT2D eigenvalue weighted by molar-refractivity contribution is 5.41. The van der Waals surface area contributed by atoms with Crippen LogP contribution in [0.15, 0.2) is 61.2 Å². The fourth-order valence-electron chi connectivity index (χ4n) is 5.07. The van der Waals surface area contributed by atoms with Gasteiger partial charge in [-0.05, 0) is 36.1 Å². The van der Waals surface area contributed by atoms with Crippen LogP contribution in [0.25, 0.3) is 0 Å². The largest absolute Gasteiger partial charge is 0.399 e.